The molecule has 0 saturated heterocycles. The molecule has 0 aliphatic carbocycles. The largest absolute Gasteiger partial charge is 0.454 e. The van der Waals surface area contributed by atoms with E-state index in [1.165, 1.54) is 0 Å². The number of rotatable bonds is 8. The van der Waals surface area contributed by atoms with Crippen molar-refractivity contribution in [2.24, 2.45) is 0 Å². The summed E-state index contributed by atoms with van der Waals surface area (Å²) in [5.41, 5.74) is 16.0. The van der Waals surface area contributed by atoms with Gasteiger partial charge in [0.05, 0.1) is 22.2 Å². The highest BCUT2D eigenvalue weighted by molar-refractivity contribution is 6.15. The Morgan fingerprint density at radius 1 is 0.195 bits per heavy atom. The number of nitrogens with zero attached hydrogens (tertiary/aromatic N) is 8. The lowest BCUT2D eigenvalue weighted by molar-refractivity contribution is 0.669. The van der Waals surface area contributed by atoms with Crippen molar-refractivity contribution in [1.29, 1.82) is 0 Å². The van der Waals surface area contributed by atoms with Crippen LogP contribution in [0.1, 0.15) is 0 Å². The summed E-state index contributed by atoms with van der Waals surface area (Å²) in [7, 11) is 0. The first-order chi connectivity index (χ1) is 40.6. The van der Waals surface area contributed by atoms with Gasteiger partial charge < -0.3 is 8.83 Å². The monoisotopic (exact) mass is 1050 g/mol. The molecular formula is C72H44N8O2. The Morgan fingerprint density at radius 2 is 0.451 bits per heavy atom. The van der Waals surface area contributed by atoms with Crippen molar-refractivity contribution in [3.63, 3.8) is 0 Å². The van der Waals surface area contributed by atoms with Crippen LogP contribution in [0.15, 0.2) is 276 Å². The summed E-state index contributed by atoms with van der Waals surface area (Å²) in [4.78, 5) is 40.0. The zero-order chi connectivity index (χ0) is 54.3. The molecule has 6 heterocycles. The van der Waals surface area contributed by atoms with Crippen LogP contribution in [0.3, 0.4) is 0 Å². The molecule has 0 atom stereocenters. The van der Waals surface area contributed by atoms with Crippen LogP contribution < -0.4 is 0 Å². The molecule has 0 radical (unpaired) electrons. The molecule has 0 bridgehead atoms. The minimum atomic E-state index is 0.534. The lowest BCUT2D eigenvalue weighted by atomic mass is 10.0. The summed E-state index contributed by atoms with van der Waals surface area (Å²) >= 11 is 0. The zero-order valence-electron chi connectivity index (χ0n) is 43.8. The number of aromatic nitrogens is 8. The fourth-order valence-electron chi connectivity index (χ4n) is 10.7. The summed E-state index contributed by atoms with van der Waals surface area (Å²) in [6.45, 7) is 0. The van der Waals surface area contributed by atoms with Gasteiger partial charge in [0.1, 0.15) is 22.2 Å². The van der Waals surface area contributed by atoms with Crippen molar-refractivity contribution in [2.75, 3.05) is 0 Å². The van der Waals surface area contributed by atoms with Crippen LogP contribution in [0.2, 0.25) is 0 Å². The van der Waals surface area contributed by atoms with Crippen LogP contribution in [0.5, 0.6) is 0 Å². The maximum atomic E-state index is 6.50. The van der Waals surface area contributed by atoms with Gasteiger partial charge in [0.15, 0.2) is 46.1 Å². The molecule has 0 N–H and O–H groups in total. The summed E-state index contributed by atoms with van der Waals surface area (Å²) in [6.07, 6.45) is 0. The zero-order valence-corrected chi connectivity index (χ0v) is 43.8. The molecule has 0 aliphatic rings. The molecule has 0 amide bonds. The number of hydrogen-bond donors (Lipinski definition) is 0. The van der Waals surface area contributed by atoms with Crippen LogP contribution in [0, 0.1) is 0 Å². The first kappa shape index (κ1) is 47.8. The fraction of sp³-hybridized carbons (Fsp3) is 0. The molecule has 82 heavy (non-hydrogen) atoms. The van der Waals surface area contributed by atoms with Gasteiger partial charge in [-0.25, -0.2) is 39.9 Å². The Labute approximate surface area is 469 Å². The Kier molecular flexibility index (Phi) is 11.9. The van der Waals surface area contributed by atoms with Crippen LogP contribution >= 0.6 is 0 Å². The second-order valence-corrected chi connectivity index (χ2v) is 19.8. The molecule has 384 valence electrons. The molecule has 0 aliphatic heterocycles. The molecular weight excluding hydrogens is 1010 g/mol. The summed E-state index contributed by atoms with van der Waals surface area (Å²) < 4.78 is 12.9. The van der Waals surface area contributed by atoms with E-state index in [0.29, 0.717) is 46.1 Å². The maximum absolute atomic E-state index is 6.50. The quantitative estimate of drug-likeness (QED) is 0.145. The molecule has 0 unspecified atom stereocenters. The van der Waals surface area contributed by atoms with Crippen molar-refractivity contribution in [1.82, 2.24) is 39.9 Å². The number of benzene rings is 10. The van der Waals surface area contributed by atoms with E-state index >= 15 is 0 Å². The van der Waals surface area contributed by atoms with E-state index < -0.39 is 0 Å². The highest BCUT2D eigenvalue weighted by atomic mass is 16.3. The standard InChI is InChI=1S/C42H26N4O.C30H18N4O/c1-3-11-27(12-4-1)29-19-23-31(24-20-29)40-44-41(32-25-21-30(22-26-32)28-13-5-2-6-14-28)46-42(45-40)37-33-15-7-9-17-35(33)43-38-34-16-8-10-18-36(34)47-39(37)38;1-3-11-19(12-4-1)28-32-29(20-13-5-2-6-14-20)34-30(33-28)25-21-15-7-9-17-23(21)31-26-22-16-8-10-18-24(22)35-27(25)26/h1-26H;1-18H. The van der Waals surface area contributed by atoms with Gasteiger partial charge in [-0.2, -0.15) is 0 Å². The van der Waals surface area contributed by atoms with Crippen LogP contribution in [0.4, 0.5) is 0 Å². The average molecular weight is 1050 g/mol. The molecule has 10 nitrogen and oxygen atoms in total. The summed E-state index contributed by atoms with van der Waals surface area (Å²) in [5.74, 6) is 3.48. The van der Waals surface area contributed by atoms with Crippen molar-refractivity contribution in [2.45, 2.75) is 0 Å². The summed E-state index contributed by atoms with van der Waals surface area (Å²) in [6, 6.07) is 89.5. The van der Waals surface area contributed by atoms with Gasteiger partial charge in [-0.1, -0.05) is 231 Å². The second kappa shape index (κ2) is 20.5. The predicted molar refractivity (Wildman–Crippen MR) is 328 cm³/mol. The number of fused-ring (bicyclic) bond motifs is 8. The van der Waals surface area contributed by atoms with E-state index in [9.17, 15) is 0 Å². The molecule has 0 spiro atoms. The van der Waals surface area contributed by atoms with Gasteiger partial charge in [0.2, 0.25) is 0 Å². The topological polar surface area (TPSA) is 129 Å². The second-order valence-electron chi connectivity index (χ2n) is 19.8. The molecule has 6 aromatic heterocycles. The van der Waals surface area contributed by atoms with E-state index in [2.05, 4.69) is 103 Å². The third kappa shape index (κ3) is 8.83. The fourth-order valence-corrected chi connectivity index (χ4v) is 10.7. The van der Waals surface area contributed by atoms with Gasteiger partial charge in [-0.3, -0.25) is 0 Å². The van der Waals surface area contributed by atoms with Gasteiger partial charge >= 0.3 is 0 Å². The molecule has 0 saturated carbocycles. The normalized spacial score (nSPS) is 11.4. The highest BCUT2D eigenvalue weighted by Crippen LogP contribution is 2.41. The molecule has 10 heteroatoms. The molecule has 0 fully saturated rings. The number of para-hydroxylation sites is 4. The first-order valence-corrected chi connectivity index (χ1v) is 27.0. The average Bonchev–Trinajstić information content (AvgIpc) is 4.19. The van der Waals surface area contributed by atoms with Crippen molar-refractivity contribution < 1.29 is 8.83 Å². The van der Waals surface area contributed by atoms with Crippen molar-refractivity contribution in [3.8, 4) is 90.6 Å². The van der Waals surface area contributed by atoms with E-state index in [1.54, 1.807) is 0 Å². The van der Waals surface area contributed by atoms with E-state index in [-0.39, 0.29) is 0 Å². The third-order valence-electron chi connectivity index (χ3n) is 14.7. The SMILES string of the molecule is c1ccc(-c2ccc(-c3nc(-c4ccc(-c5ccccc5)cc4)nc(-c4c5ccccc5nc5c4oc4ccccc45)n3)cc2)cc1.c1ccc(-c2nc(-c3ccccc3)nc(-c3c4ccccc4nc4c3oc3ccccc34)n2)cc1. The van der Waals surface area contributed by atoms with Crippen molar-refractivity contribution in [3.05, 3.63) is 267 Å². The number of furan rings is 2. The lowest BCUT2D eigenvalue weighted by Gasteiger charge is -2.11. The number of hydrogen-bond acceptors (Lipinski definition) is 10. The van der Waals surface area contributed by atoms with E-state index in [4.69, 9.17) is 48.7 Å². The van der Waals surface area contributed by atoms with Crippen LogP contribution in [-0.4, -0.2) is 39.9 Å². The van der Waals surface area contributed by atoms with Gasteiger partial charge in [0, 0.05) is 43.8 Å². The molecule has 16 rings (SSSR count). The Balaban J connectivity index is 0.000000147. The van der Waals surface area contributed by atoms with Gasteiger partial charge in [-0.05, 0) is 58.7 Å². The molecule has 16 aromatic rings. The van der Waals surface area contributed by atoms with Crippen LogP contribution in [-0.2, 0) is 0 Å². The van der Waals surface area contributed by atoms with Crippen molar-refractivity contribution >= 4 is 65.9 Å². The van der Waals surface area contributed by atoms with Gasteiger partial charge in [-0.15, -0.1) is 0 Å². The lowest BCUT2D eigenvalue weighted by Crippen LogP contribution is -2.01. The third-order valence-corrected chi connectivity index (χ3v) is 14.7. The Hall–Kier alpha value is -11.4. The Bertz CT molecular complexity index is 4860. The van der Waals surface area contributed by atoms with Gasteiger partial charge in [0.25, 0.3) is 0 Å². The van der Waals surface area contributed by atoms with E-state index in [0.717, 1.165) is 110 Å². The number of pyridine rings is 2. The predicted octanol–water partition coefficient (Wildman–Crippen LogP) is 18.0. The highest BCUT2D eigenvalue weighted by Gasteiger charge is 2.24. The summed E-state index contributed by atoms with van der Waals surface area (Å²) in [5, 5.41) is 3.77. The minimum absolute atomic E-state index is 0.534. The van der Waals surface area contributed by atoms with E-state index in [1.807, 2.05) is 164 Å². The minimum Gasteiger partial charge on any atom is -0.454 e. The first-order valence-electron chi connectivity index (χ1n) is 27.0. The van der Waals surface area contributed by atoms with Crippen LogP contribution in [0.25, 0.3) is 157 Å². The molecule has 10 aromatic carbocycles. The smallest absolute Gasteiger partial charge is 0.168 e. The maximum Gasteiger partial charge on any atom is 0.168 e. The Morgan fingerprint density at radius 3 is 0.817 bits per heavy atom.